The molecule has 4 nitrogen and oxygen atoms in total. The number of carbonyl (C=O) groups is 2. The van der Waals surface area contributed by atoms with Crippen LogP contribution in [0.4, 0.5) is 0 Å². The van der Waals surface area contributed by atoms with Gasteiger partial charge in [0.25, 0.3) is 5.91 Å². The Kier molecular flexibility index (Phi) is 6.35. The fourth-order valence-corrected chi connectivity index (χ4v) is 2.38. The Bertz CT molecular complexity index is 683. The summed E-state index contributed by atoms with van der Waals surface area (Å²) < 4.78 is 5.92. The molecule has 2 rings (SSSR count). The number of nitrogens with one attached hydrogen (secondary N) is 1. The predicted molar refractivity (Wildman–Crippen MR) is 91.8 cm³/mol. The van der Waals surface area contributed by atoms with E-state index in [1.54, 1.807) is 0 Å². The van der Waals surface area contributed by atoms with Crippen LogP contribution >= 0.6 is 15.9 Å². The third kappa shape index (κ3) is 5.87. The quantitative estimate of drug-likeness (QED) is 0.788. The molecule has 1 N–H and O–H groups in total. The molecule has 0 heterocycles. The van der Waals surface area contributed by atoms with Crippen molar-refractivity contribution in [2.24, 2.45) is 0 Å². The van der Waals surface area contributed by atoms with Gasteiger partial charge >= 0.3 is 5.97 Å². The molecule has 0 fully saturated rings. The Morgan fingerprint density at radius 1 is 1.09 bits per heavy atom. The van der Waals surface area contributed by atoms with E-state index in [1.807, 2.05) is 55.5 Å². The van der Waals surface area contributed by atoms with Crippen molar-refractivity contribution in [3.8, 4) is 0 Å². The highest BCUT2D eigenvalue weighted by Gasteiger charge is 2.09. The minimum Gasteiger partial charge on any atom is -0.455 e. The number of hydrogen-bond acceptors (Lipinski definition) is 3. The van der Waals surface area contributed by atoms with Gasteiger partial charge < -0.3 is 10.1 Å². The first-order chi connectivity index (χ1) is 11.0. The molecule has 0 atom stereocenters. The molecule has 0 aliphatic rings. The van der Waals surface area contributed by atoms with E-state index in [4.69, 9.17) is 4.74 Å². The maximum absolute atomic E-state index is 11.7. The summed E-state index contributed by atoms with van der Waals surface area (Å²) in [6.45, 7) is 2.10. The van der Waals surface area contributed by atoms with Crippen LogP contribution in [0.1, 0.15) is 16.7 Å². The summed E-state index contributed by atoms with van der Waals surface area (Å²) in [5.74, 6) is -0.733. The highest BCUT2D eigenvalue weighted by molar-refractivity contribution is 9.10. The van der Waals surface area contributed by atoms with Crippen molar-refractivity contribution in [1.29, 1.82) is 0 Å². The van der Waals surface area contributed by atoms with Crippen molar-refractivity contribution in [2.45, 2.75) is 19.9 Å². The molecule has 0 spiro atoms. The SMILES string of the molecule is Cc1ccc(CC(=O)OCC(=O)NCc2ccccc2Br)cc1. The molecule has 0 bridgehead atoms. The number of ether oxygens (including phenoxy) is 1. The third-order valence-electron chi connectivity index (χ3n) is 3.27. The molecular formula is C18H18BrNO3. The van der Waals surface area contributed by atoms with Gasteiger partial charge in [0.1, 0.15) is 0 Å². The number of rotatable bonds is 6. The van der Waals surface area contributed by atoms with Gasteiger partial charge in [0.05, 0.1) is 6.42 Å². The standard InChI is InChI=1S/C18H18BrNO3/c1-13-6-8-14(9-7-13)10-18(22)23-12-17(21)20-11-15-4-2-3-5-16(15)19/h2-9H,10-12H2,1H3,(H,20,21). The van der Waals surface area contributed by atoms with Crippen molar-refractivity contribution in [1.82, 2.24) is 5.32 Å². The Balaban J connectivity index is 1.72. The van der Waals surface area contributed by atoms with Gasteiger partial charge in [-0.15, -0.1) is 0 Å². The normalized spacial score (nSPS) is 10.2. The van der Waals surface area contributed by atoms with Crippen molar-refractivity contribution in [3.05, 3.63) is 69.7 Å². The minimum atomic E-state index is -0.412. The molecular weight excluding hydrogens is 358 g/mol. The lowest BCUT2D eigenvalue weighted by molar-refractivity contribution is -0.147. The summed E-state index contributed by atoms with van der Waals surface area (Å²) in [6, 6.07) is 15.3. The largest absolute Gasteiger partial charge is 0.455 e. The summed E-state index contributed by atoms with van der Waals surface area (Å²) in [5, 5.41) is 2.72. The molecule has 1 amide bonds. The third-order valence-corrected chi connectivity index (χ3v) is 4.04. The van der Waals surface area contributed by atoms with E-state index >= 15 is 0 Å². The highest BCUT2D eigenvalue weighted by atomic mass is 79.9. The van der Waals surface area contributed by atoms with Gasteiger partial charge in [-0.25, -0.2) is 0 Å². The lowest BCUT2D eigenvalue weighted by Gasteiger charge is -2.08. The zero-order chi connectivity index (χ0) is 16.7. The number of halogens is 1. The number of hydrogen-bond donors (Lipinski definition) is 1. The molecule has 2 aromatic rings. The molecule has 23 heavy (non-hydrogen) atoms. The number of benzene rings is 2. The van der Waals surface area contributed by atoms with Gasteiger partial charge in [0, 0.05) is 11.0 Å². The average Bonchev–Trinajstić information content (AvgIpc) is 2.54. The fourth-order valence-electron chi connectivity index (χ4n) is 1.96. The molecule has 120 valence electrons. The second kappa shape index (κ2) is 8.48. The monoisotopic (exact) mass is 375 g/mol. The topological polar surface area (TPSA) is 55.4 Å². The Hall–Kier alpha value is -2.14. The molecule has 0 radical (unpaired) electrons. The second-order valence-corrected chi connectivity index (χ2v) is 6.05. The molecule has 0 saturated heterocycles. The number of amides is 1. The van der Waals surface area contributed by atoms with Crippen LogP contribution in [-0.4, -0.2) is 18.5 Å². The maximum Gasteiger partial charge on any atom is 0.310 e. The molecule has 5 heteroatoms. The first kappa shape index (κ1) is 17.2. The summed E-state index contributed by atoms with van der Waals surface area (Å²) in [7, 11) is 0. The lowest BCUT2D eigenvalue weighted by Crippen LogP contribution is -2.28. The number of carbonyl (C=O) groups excluding carboxylic acids is 2. The van der Waals surface area contributed by atoms with E-state index in [0.29, 0.717) is 6.54 Å². The maximum atomic E-state index is 11.7. The zero-order valence-corrected chi connectivity index (χ0v) is 14.4. The van der Waals surface area contributed by atoms with Gasteiger partial charge in [-0.2, -0.15) is 0 Å². The number of aryl methyl sites for hydroxylation is 1. The first-order valence-corrected chi connectivity index (χ1v) is 8.05. The van der Waals surface area contributed by atoms with Crippen LogP contribution in [0.15, 0.2) is 53.0 Å². The van der Waals surface area contributed by atoms with Crippen LogP contribution < -0.4 is 5.32 Å². The van der Waals surface area contributed by atoms with Gasteiger partial charge in [0.15, 0.2) is 6.61 Å². The van der Waals surface area contributed by atoms with E-state index in [0.717, 1.165) is 21.2 Å². The molecule has 0 saturated carbocycles. The lowest BCUT2D eigenvalue weighted by atomic mass is 10.1. The summed E-state index contributed by atoms with van der Waals surface area (Å²) in [6.07, 6.45) is 0.164. The Morgan fingerprint density at radius 2 is 1.78 bits per heavy atom. The molecule has 0 unspecified atom stereocenters. The second-order valence-electron chi connectivity index (χ2n) is 5.19. The molecule has 2 aromatic carbocycles. The van der Waals surface area contributed by atoms with Crippen LogP contribution in [0.25, 0.3) is 0 Å². The van der Waals surface area contributed by atoms with E-state index in [1.165, 1.54) is 0 Å². The van der Waals surface area contributed by atoms with Crippen LogP contribution in [0.3, 0.4) is 0 Å². The summed E-state index contributed by atoms with van der Waals surface area (Å²) >= 11 is 3.41. The van der Waals surface area contributed by atoms with Crippen LogP contribution in [0, 0.1) is 6.92 Å². The van der Waals surface area contributed by atoms with E-state index in [9.17, 15) is 9.59 Å². The van der Waals surface area contributed by atoms with Crippen molar-refractivity contribution < 1.29 is 14.3 Å². The Labute approximate surface area is 144 Å². The van der Waals surface area contributed by atoms with Gasteiger partial charge in [0.2, 0.25) is 0 Å². The minimum absolute atomic E-state index is 0.164. The summed E-state index contributed by atoms with van der Waals surface area (Å²) in [5.41, 5.74) is 2.97. The van der Waals surface area contributed by atoms with Crippen molar-refractivity contribution >= 4 is 27.8 Å². The summed E-state index contributed by atoms with van der Waals surface area (Å²) in [4.78, 5) is 23.4. The van der Waals surface area contributed by atoms with Crippen LogP contribution in [0.5, 0.6) is 0 Å². The first-order valence-electron chi connectivity index (χ1n) is 7.26. The predicted octanol–water partition coefficient (Wildman–Crippen LogP) is 3.16. The smallest absolute Gasteiger partial charge is 0.310 e. The van der Waals surface area contributed by atoms with Crippen LogP contribution in [0.2, 0.25) is 0 Å². The molecule has 0 aromatic heterocycles. The van der Waals surface area contributed by atoms with Crippen molar-refractivity contribution in [3.63, 3.8) is 0 Å². The van der Waals surface area contributed by atoms with Crippen LogP contribution in [-0.2, 0) is 27.3 Å². The highest BCUT2D eigenvalue weighted by Crippen LogP contribution is 2.15. The zero-order valence-electron chi connectivity index (χ0n) is 12.8. The molecule has 0 aliphatic carbocycles. The fraction of sp³-hybridized carbons (Fsp3) is 0.222. The van der Waals surface area contributed by atoms with Gasteiger partial charge in [-0.05, 0) is 24.1 Å². The molecule has 0 aliphatic heterocycles. The van der Waals surface area contributed by atoms with Crippen molar-refractivity contribution in [2.75, 3.05) is 6.61 Å². The number of esters is 1. The van der Waals surface area contributed by atoms with E-state index < -0.39 is 5.97 Å². The van der Waals surface area contributed by atoms with E-state index in [2.05, 4.69) is 21.2 Å². The Morgan fingerprint density at radius 3 is 2.48 bits per heavy atom. The van der Waals surface area contributed by atoms with Gasteiger partial charge in [-0.3, -0.25) is 9.59 Å². The average molecular weight is 376 g/mol. The van der Waals surface area contributed by atoms with Gasteiger partial charge in [-0.1, -0.05) is 64.0 Å². The van der Waals surface area contributed by atoms with E-state index in [-0.39, 0.29) is 18.9 Å².